The number of aromatic nitrogens is 1. The highest BCUT2D eigenvalue weighted by Gasteiger charge is 2.04. The summed E-state index contributed by atoms with van der Waals surface area (Å²) in [6.07, 6.45) is 1.86. The first-order chi connectivity index (χ1) is 8.31. The van der Waals surface area contributed by atoms with Gasteiger partial charge in [0, 0.05) is 23.2 Å². The van der Waals surface area contributed by atoms with Gasteiger partial charge in [-0.15, -0.1) is 11.6 Å². The molecule has 1 aromatic heterocycles. The highest BCUT2D eigenvalue weighted by Crippen LogP contribution is 2.22. The number of thioether (sulfide) groups is 1. The van der Waals surface area contributed by atoms with Gasteiger partial charge in [-0.05, 0) is 23.3 Å². The van der Waals surface area contributed by atoms with Crippen LogP contribution >= 0.6 is 23.4 Å². The van der Waals surface area contributed by atoms with Gasteiger partial charge >= 0.3 is 0 Å². The van der Waals surface area contributed by atoms with Crippen molar-refractivity contribution in [1.29, 1.82) is 0 Å². The highest BCUT2D eigenvalue weighted by molar-refractivity contribution is 7.98. The maximum Gasteiger partial charge on any atom is 0.0742 e. The van der Waals surface area contributed by atoms with E-state index in [2.05, 4.69) is 36.2 Å². The van der Waals surface area contributed by atoms with Gasteiger partial charge in [-0.25, -0.2) is 0 Å². The van der Waals surface area contributed by atoms with E-state index in [1.165, 1.54) is 10.9 Å². The van der Waals surface area contributed by atoms with Crippen LogP contribution in [0.5, 0.6) is 0 Å². The summed E-state index contributed by atoms with van der Waals surface area (Å²) in [5.74, 6) is 3.42. The van der Waals surface area contributed by atoms with Gasteiger partial charge in [-0.2, -0.15) is 11.8 Å². The lowest BCUT2D eigenvalue weighted by atomic mass is 10.1. The first kappa shape index (κ1) is 12.7. The lowest BCUT2D eigenvalue weighted by Crippen LogP contribution is -1.99. The van der Waals surface area contributed by atoms with E-state index in [9.17, 15) is 0 Å². The van der Waals surface area contributed by atoms with Gasteiger partial charge in [0.1, 0.15) is 0 Å². The zero-order valence-corrected chi connectivity index (χ0v) is 11.5. The number of para-hydroxylation sites is 1. The zero-order valence-electron chi connectivity index (χ0n) is 9.90. The van der Waals surface area contributed by atoms with Crippen LogP contribution in [0.15, 0.2) is 36.5 Å². The molecule has 2 aromatic rings. The van der Waals surface area contributed by atoms with Gasteiger partial charge in [0.15, 0.2) is 0 Å². The van der Waals surface area contributed by atoms with Gasteiger partial charge < -0.3 is 0 Å². The lowest BCUT2D eigenvalue weighted by Gasteiger charge is -2.08. The van der Waals surface area contributed by atoms with E-state index in [-0.39, 0.29) is 0 Å². The van der Waals surface area contributed by atoms with Crippen LogP contribution in [0.3, 0.4) is 0 Å². The molecular formula is C14H16ClNS. The number of pyridine rings is 1. The van der Waals surface area contributed by atoms with E-state index >= 15 is 0 Å². The van der Waals surface area contributed by atoms with Crippen LogP contribution in [-0.4, -0.2) is 16.6 Å². The van der Waals surface area contributed by atoms with Crippen molar-refractivity contribution < 1.29 is 0 Å². The standard InChI is InChI=1S/C14H16ClNS/c1-11(8-15)9-17-10-13-5-2-4-12-6-3-7-16-14(12)13/h2-7,11H,8-10H2,1H3. The average Bonchev–Trinajstić information content (AvgIpc) is 2.39. The molecule has 0 aliphatic heterocycles. The van der Waals surface area contributed by atoms with Crippen LogP contribution in [0.1, 0.15) is 12.5 Å². The molecule has 0 saturated heterocycles. The van der Waals surface area contributed by atoms with Gasteiger partial charge in [-0.1, -0.05) is 31.2 Å². The van der Waals surface area contributed by atoms with Crippen molar-refractivity contribution in [2.45, 2.75) is 12.7 Å². The molecule has 0 saturated carbocycles. The van der Waals surface area contributed by atoms with Gasteiger partial charge in [-0.3, -0.25) is 4.98 Å². The number of alkyl halides is 1. The second kappa shape index (κ2) is 6.27. The van der Waals surface area contributed by atoms with E-state index in [1.807, 2.05) is 24.0 Å². The van der Waals surface area contributed by atoms with Crippen LogP contribution in [0.2, 0.25) is 0 Å². The largest absolute Gasteiger partial charge is 0.256 e. The van der Waals surface area contributed by atoms with Crippen molar-refractivity contribution in [2.75, 3.05) is 11.6 Å². The molecule has 0 spiro atoms. The molecule has 0 amide bonds. The minimum atomic E-state index is 0.574. The third-order valence-corrected chi connectivity index (χ3v) is 4.49. The highest BCUT2D eigenvalue weighted by atomic mass is 35.5. The Balaban J connectivity index is 2.08. The first-order valence-electron chi connectivity index (χ1n) is 5.77. The second-order valence-electron chi connectivity index (χ2n) is 4.27. The summed E-state index contributed by atoms with van der Waals surface area (Å²) in [7, 11) is 0. The predicted molar refractivity (Wildman–Crippen MR) is 77.8 cm³/mol. The van der Waals surface area contributed by atoms with Gasteiger partial charge in [0.2, 0.25) is 0 Å². The van der Waals surface area contributed by atoms with E-state index in [0.717, 1.165) is 22.9 Å². The Morgan fingerprint density at radius 1 is 1.29 bits per heavy atom. The fourth-order valence-electron chi connectivity index (χ4n) is 1.70. The van der Waals surface area contributed by atoms with Gasteiger partial charge in [0.25, 0.3) is 0 Å². The molecule has 0 fully saturated rings. The number of hydrogen-bond donors (Lipinski definition) is 0. The van der Waals surface area contributed by atoms with Crippen molar-refractivity contribution in [3.8, 4) is 0 Å². The molecule has 0 radical (unpaired) electrons. The summed E-state index contributed by atoms with van der Waals surface area (Å²) in [6, 6.07) is 10.5. The predicted octanol–water partition coefficient (Wildman–Crippen LogP) is 4.34. The quantitative estimate of drug-likeness (QED) is 0.746. The minimum absolute atomic E-state index is 0.574. The van der Waals surface area contributed by atoms with Crippen LogP contribution < -0.4 is 0 Å². The Morgan fingerprint density at radius 3 is 2.94 bits per heavy atom. The SMILES string of the molecule is CC(CCl)CSCc1cccc2cccnc12. The normalized spacial score (nSPS) is 12.8. The number of rotatable bonds is 5. The summed E-state index contributed by atoms with van der Waals surface area (Å²) in [5.41, 5.74) is 2.44. The molecule has 1 atom stereocenters. The molecule has 3 heteroatoms. The smallest absolute Gasteiger partial charge is 0.0742 e. The molecule has 2 rings (SSSR count). The number of fused-ring (bicyclic) bond motifs is 1. The summed E-state index contributed by atoms with van der Waals surface area (Å²) in [4.78, 5) is 4.46. The summed E-state index contributed by atoms with van der Waals surface area (Å²) < 4.78 is 0. The Kier molecular flexibility index (Phi) is 4.69. The molecule has 1 unspecified atom stereocenters. The van der Waals surface area contributed by atoms with Gasteiger partial charge in [0.05, 0.1) is 5.52 Å². The molecule has 17 heavy (non-hydrogen) atoms. The number of nitrogens with zero attached hydrogens (tertiary/aromatic N) is 1. The molecule has 1 heterocycles. The Labute approximate surface area is 112 Å². The third kappa shape index (κ3) is 3.36. The molecular weight excluding hydrogens is 250 g/mol. The van der Waals surface area contributed by atoms with Crippen LogP contribution in [-0.2, 0) is 5.75 Å². The molecule has 0 aliphatic carbocycles. The molecule has 0 N–H and O–H groups in total. The van der Waals surface area contributed by atoms with Crippen molar-refractivity contribution in [3.63, 3.8) is 0 Å². The topological polar surface area (TPSA) is 12.9 Å². The van der Waals surface area contributed by atoms with Crippen molar-refractivity contribution in [1.82, 2.24) is 4.98 Å². The number of benzene rings is 1. The van der Waals surface area contributed by atoms with Crippen molar-refractivity contribution in [3.05, 3.63) is 42.1 Å². The zero-order chi connectivity index (χ0) is 12.1. The maximum absolute atomic E-state index is 5.80. The Hall–Kier alpha value is -0.730. The number of hydrogen-bond acceptors (Lipinski definition) is 2. The molecule has 1 aromatic carbocycles. The molecule has 90 valence electrons. The van der Waals surface area contributed by atoms with E-state index in [4.69, 9.17) is 11.6 Å². The van der Waals surface area contributed by atoms with Crippen LogP contribution in [0.4, 0.5) is 0 Å². The lowest BCUT2D eigenvalue weighted by molar-refractivity contribution is 0.759. The molecule has 1 nitrogen and oxygen atoms in total. The first-order valence-corrected chi connectivity index (χ1v) is 7.46. The Bertz CT molecular complexity index is 481. The molecule has 0 bridgehead atoms. The van der Waals surface area contributed by atoms with E-state index in [0.29, 0.717) is 5.92 Å². The minimum Gasteiger partial charge on any atom is -0.256 e. The average molecular weight is 266 g/mol. The fraction of sp³-hybridized carbons (Fsp3) is 0.357. The number of halogens is 1. The second-order valence-corrected chi connectivity index (χ2v) is 5.61. The van der Waals surface area contributed by atoms with E-state index < -0.39 is 0 Å². The maximum atomic E-state index is 5.80. The van der Waals surface area contributed by atoms with Crippen LogP contribution in [0, 0.1) is 5.92 Å². The summed E-state index contributed by atoms with van der Waals surface area (Å²) in [5, 5.41) is 1.22. The summed E-state index contributed by atoms with van der Waals surface area (Å²) in [6.45, 7) is 2.18. The van der Waals surface area contributed by atoms with Crippen LogP contribution in [0.25, 0.3) is 10.9 Å². The third-order valence-electron chi connectivity index (χ3n) is 2.64. The van der Waals surface area contributed by atoms with E-state index in [1.54, 1.807) is 0 Å². The monoisotopic (exact) mass is 265 g/mol. The van der Waals surface area contributed by atoms with Crippen molar-refractivity contribution >= 4 is 34.3 Å². The summed E-state index contributed by atoms with van der Waals surface area (Å²) >= 11 is 7.73. The molecule has 0 aliphatic rings. The fourth-order valence-corrected chi connectivity index (χ4v) is 3.03. The van der Waals surface area contributed by atoms with Crippen molar-refractivity contribution in [2.24, 2.45) is 5.92 Å². The Morgan fingerprint density at radius 2 is 2.12 bits per heavy atom.